The molecule has 1 aromatic carbocycles. The van der Waals surface area contributed by atoms with Crippen molar-refractivity contribution in [2.24, 2.45) is 13.0 Å². The zero-order chi connectivity index (χ0) is 25.1. The lowest BCUT2D eigenvalue weighted by Crippen LogP contribution is -2.50. The number of piperidine rings is 1. The number of esters is 1. The van der Waals surface area contributed by atoms with Crippen LogP contribution in [0.1, 0.15) is 55.6 Å². The highest BCUT2D eigenvalue weighted by atomic mass is 16.5. The fraction of sp³-hybridized carbons (Fsp3) is 0.519. The molecule has 1 saturated heterocycles. The number of hydrogen-bond donors (Lipinski definition) is 2. The van der Waals surface area contributed by atoms with Crippen molar-refractivity contribution in [3.05, 3.63) is 47.7 Å². The van der Waals surface area contributed by atoms with Gasteiger partial charge in [-0.3, -0.25) is 4.79 Å². The third kappa shape index (κ3) is 5.59. The predicted octanol–water partition coefficient (Wildman–Crippen LogP) is 3.73. The molecule has 0 bridgehead atoms. The van der Waals surface area contributed by atoms with E-state index in [1.807, 2.05) is 0 Å². The molecule has 2 heterocycles. The minimum absolute atomic E-state index is 0.00121. The summed E-state index contributed by atoms with van der Waals surface area (Å²) in [5.41, 5.74) is 4.20. The molecule has 2 aromatic rings. The van der Waals surface area contributed by atoms with E-state index in [2.05, 4.69) is 48.0 Å². The number of carboxylic acid groups (broad SMARTS) is 2. The number of carbonyl (C=O) groups excluding carboxylic acids is 1. The maximum absolute atomic E-state index is 12.9. The van der Waals surface area contributed by atoms with Crippen molar-refractivity contribution >= 4 is 28.8 Å². The second kappa shape index (κ2) is 10.6. The molecule has 2 unspecified atom stereocenters. The van der Waals surface area contributed by atoms with E-state index in [1.54, 1.807) is 0 Å². The minimum Gasteiger partial charge on any atom is -0.478 e. The van der Waals surface area contributed by atoms with Crippen molar-refractivity contribution in [2.45, 2.75) is 63.0 Å². The van der Waals surface area contributed by atoms with Gasteiger partial charge in [-0.2, -0.15) is 0 Å². The van der Waals surface area contributed by atoms with E-state index in [0.717, 1.165) is 32.2 Å². The van der Waals surface area contributed by atoms with Crippen molar-refractivity contribution in [2.75, 3.05) is 13.6 Å². The Balaban J connectivity index is 0.000000314. The highest BCUT2D eigenvalue weighted by Gasteiger charge is 2.42. The molecular weight excluding hydrogens is 448 g/mol. The summed E-state index contributed by atoms with van der Waals surface area (Å²) in [5.74, 6) is -2.05. The number of ether oxygens (including phenoxy) is 1. The standard InChI is InChI=1S/C23H30N2O2.C4H4O4/c1-24-13-15-12-21-19(18-9-6-10-20(24)22(15)18)11-16(14-25(21)2)23(26)27-17-7-4-3-5-8-17;5-3(6)1-2-4(7)8/h6,9-10,13,16-17,19,21H,3-5,7-8,11-12,14H2,1-2H3;1-2H,(H,5,6)(H,7,8)/b;2-1-/t16-,19?,21?;/m1./s1. The number of aromatic nitrogens is 1. The number of hydrogen-bond acceptors (Lipinski definition) is 5. The Hall–Kier alpha value is -3.13. The molecule has 8 heteroatoms. The molecule has 1 aliphatic heterocycles. The third-order valence-corrected chi connectivity index (χ3v) is 7.57. The normalized spacial score (nSPS) is 24.5. The van der Waals surface area contributed by atoms with Gasteiger partial charge < -0.3 is 24.4 Å². The zero-order valence-electron chi connectivity index (χ0n) is 20.4. The van der Waals surface area contributed by atoms with E-state index in [9.17, 15) is 14.4 Å². The molecule has 1 aromatic heterocycles. The Morgan fingerprint density at radius 3 is 2.37 bits per heavy atom. The van der Waals surface area contributed by atoms with Crippen molar-refractivity contribution in [1.82, 2.24) is 9.47 Å². The lowest BCUT2D eigenvalue weighted by atomic mass is 9.72. The minimum atomic E-state index is -1.26. The Kier molecular flexibility index (Phi) is 7.60. The fourth-order valence-corrected chi connectivity index (χ4v) is 5.98. The van der Waals surface area contributed by atoms with E-state index >= 15 is 0 Å². The Labute approximate surface area is 205 Å². The van der Waals surface area contributed by atoms with Crippen LogP contribution in [0.5, 0.6) is 0 Å². The van der Waals surface area contributed by atoms with Crippen LogP contribution in [-0.2, 0) is 32.6 Å². The highest BCUT2D eigenvalue weighted by Crippen LogP contribution is 2.45. The van der Waals surface area contributed by atoms with Gasteiger partial charge >= 0.3 is 17.9 Å². The Morgan fingerprint density at radius 1 is 1.03 bits per heavy atom. The molecule has 3 atom stereocenters. The van der Waals surface area contributed by atoms with Gasteiger partial charge in [0.15, 0.2) is 0 Å². The smallest absolute Gasteiger partial charge is 0.328 e. The van der Waals surface area contributed by atoms with Crippen molar-refractivity contribution in [1.29, 1.82) is 0 Å². The molecule has 2 fully saturated rings. The highest BCUT2D eigenvalue weighted by molar-refractivity contribution is 5.90. The van der Waals surface area contributed by atoms with Gasteiger partial charge in [0.05, 0.1) is 5.92 Å². The average molecular weight is 483 g/mol. The maximum atomic E-state index is 12.9. The van der Waals surface area contributed by atoms with Gasteiger partial charge in [0.1, 0.15) is 6.10 Å². The lowest BCUT2D eigenvalue weighted by Gasteiger charge is -2.45. The van der Waals surface area contributed by atoms with E-state index in [-0.39, 0.29) is 18.0 Å². The van der Waals surface area contributed by atoms with Crippen molar-refractivity contribution in [3.8, 4) is 0 Å². The van der Waals surface area contributed by atoms with Gasteiger partial charge in [0.2, 0.25) is 0 Å². The van der Waals surface area contributed by atoms with Gasteiger partial charge in [-0.25, -0.2) is 9.59 Å². The molecule has 8 nitrogen and oxygen atoms in total. The quantitative estimate of drug-likeness (QED) is 0.505. The molecule has 5 rings (SSSR count). The number of benzene rings is 1. The number of likely N-dealkylation sites (tertiary alicyclic amines) is 1. The Bertz CT molecular complexity index is 1110. The number of nitrogens with zero attached hydrogens (tertiary/aromatic N) is 2. The summed E-state index contributed by atoms with van der Waals surface area (Å²) in [6.45, 7) is 0.824. The van der Waals surface area contributed by atoms with E-state index in [1.165, 1.54) is 41.3 Å². The number of aliphatic carboxylic acids is 2. The SMILES string of the molecule is CN1C[C@H](C(=O)OC2CCCCC2)CC2c3cccc4c3c(cn4C)CC21.O=C(O)/C=C\C(=O)O. The zero-order valence-corrected chi connectivity index (χ0v) is 20.4. The molecule has 0 spiro atoms. The van der Waals surface area contributed by atoms with E-state index in [4.69, 9.17) is 14.9 Å². The fourth-order valence-electron chi connectivity index (χ4n) is 5.98. The lowest BCUT2D eigenvalue weighted by molar-refractivity contribution is -0.158. The molecule has 35 heavy (non-hydrogen) atoms. The van der Waals surface area contributed by atoms with Crippen LogP contribution in [-0.4, -0.2) is 63.3 Å². The number of aryl methyl sites for hydroxylation is 1. The molecule has 1 saturated carbocycles. The van der Waals surface area contributed by atoms with Crippen LogP contribution in [0.15, 0.2) is 36.5 Å². The summed E-state index contributed by atoms with van der Waals surface area (Å²) < 4.78 is 8.19. The van der Waals surface area contributed by atoms with E-state index < -0.39 is 11.9 Å². The topological polar surface area (TPSA) is 109 Å². The van der Waals surface area contributed by atoms with Gasteiger partial charge in [0, 0.05) is 54.8 Å². The van der Waals surface area contributed by atoms with Crippen LogP contribution in [0.25, 0.3) is 10.9 Å². The third-order valence-electron chi connectivity index (χ3n) is 7.57. The van der Waals surface area contributed by atoms with Gasteiger partial charge in [0.25, 0.3) is 0 Å². The Morgan fingerprint density at radius 2 is 1.71 bits per heavy atom. The molecule has 2 N–H and O–H groups in total. The van der Waals surface area contributed by atoms with Crippen LogP contribution in [0.3, 0.4) is 0 Å². The number of rotatable bonds is 4. The summed E-state index contributed by atoms with van der Waals surface area (Å²) in [7, 11) is 4.32. The monoisotopic (exact) mass is 482 g/mol. The summed E-state index contributed by atoms with van der Waals surface area (Å²) in [5, 5.41) is 17.1. The molecular formula is C27H34N2O6. The summed E-state index contributed by atoms with van der Waals surface area (Å²) in [4.78, 5) is 34.4. The predicted molar refractivity (Wildman–Crippen MR) is 131 cm³/mol. The van der Waals surface area contributed by atoms with Gasteiger partial charge in [-0.1, -0.05) is 18.6 Å². The first kappa shape index (κ1) is 25.0. The number of fused-ring (bicyclic) bond motifs is 2. The van der Waals surface area contributed by atoms with Crippen LogP contribution in [0.4, 0.5) is 0 Å². The molecule has 188 valence electrons. The molecule has 0 amide bonds. The van der Waals surface area contributed by atoms with Crippen LogP contribution in [0.2, 0.25) is 0 Å². The maximum Gasteiger partial charge on any atom is 0.328 e. The molecule has 0 radical (unpaired) electrons. The summed E-state index contributed by atoms with van der Waals surface area (Å²) in [6, 6.07) is 7.16. The number of carbonyl (C=O) groups is 3. The first-order valence-electron chi connectivity index (χ1n) is 12.4. The number of likely N-dealkylation sites (N-methyl/N-ethyl adjacent to an activating group) is 1. The van der Waals surface area contributed by atoms with Gasteiger partial charge in [-0.15, -0.1) is 0 Å². The largest absolute Gasteiger partial charge is 0.478 e. The summed E-state index contributed by atoms with van der Waals surface area (Å²) >= 11 is 0. The molecule has 2 aliphatic carbocycles. The van der Waals surface area contributed by atoms with Gasteiger partial charge in [-0.05, 0) is 62.8 Å². The van der Waals surface area contributed by atoms with Crippen LogP contribution < -0.4 is 0 Å². The van der Waals surface area contributed by atoms with Crippen LogP contribution in [0, 0.1) is 5.92 Å². The van der Waals surface area contributed by atoms with Crippen molar-refractivity contribution < 1.29 is 29.3 Å². The second-order valence-electron chi connectivity index (χ2n) is 9.96. The summed E-state index contributed by atoms with van der Waals surface area (Å²) in [6.07, 6.45) is 11.4. The first-order chi connectivity index (χ1) is 16.7. The average Bonchev–Trinajstić information content (AvgIpc) is 3.16. The van der Waals surface area contributed by atoms with Crippen molar-refractivity contribution in [3.63, 3.8) is 0 Å². The van der Waals surface area contributed by atoms with Crippen LogP contribution >= 0.6 is 0 Å². The molecule has 3 aliphatic rings. The number of carboxylic acids is 2. The second-order valence-corrected chi connectivity index (χ2v) is 9.96. The van der Waals surface area contributed by atoms with E-state index in [0.29, 0.717) is 24.1 Å². The first-order valence-corrected chi connectivity index (χ1v) is 12.4.